The Labute approximate surface area is 93.9 Å². The molecule has 1 aromatic rings. The molecule has 0 fully saturated rings. The van der Waals surface area contributed by atoms with Crippen LogP contribution in [-0.4, -0.2) is 0 Å². The summed E-state index contributed by atoms with van der Waals surface area (Å²) in [5.41, 5.74) is 1.52. The molecule has 1 heteroatoms. The van der Waals surface area contributed by atoms with Crippen molar-refractivity contribution < 1.29 is 26.1 Å². The summed E-state index contributed by atoms with van der Waals surface area (Å²) in [5.74, 6) is 0. The first-order chi connectivity index (χ1) is 6.45. The second-order valence-corrected chi connectivity index (χ2v) is 6.48. The van der Waals surface area contributed by atoms with Gasteiger partial charge in [0.2, 0.25) is 0 Å². The van der Waals surface area contributed by atoms with Crippen molar-refractivity contribution in [2.24, 2.45) is 0 Å². The van der Waals surface area contributed by atoms with Crippen molar-refractivity contribution in [1.82, 2.24) is 0 Å². The minimum atomic E-state index is -0.285. The van der Waals surface area contributed by atoms with Crippen LogP contribution in [0.15, 0.2) is 51.8 Å². The number of hydrogen-bond acceptors (Lipinski definition) is 0. The predicted octanol–water partition coefficient (Wildman–Crippen LogP) is 3.34. The maximum atomic E-state index is 2.31. The quantitative estimate of drug-likeness (QED) is 0.771. The maximum absolute atomic E-state index is 2.31. The molecule has 0 spiro atoms. The molecule has 0 N–H and O–H groups in total. The van der Waals surface area contributed by atoms with Crippen LogP contribution in [0.5, 0.6) is 0 Å². The topological polar surface area (TPSA) is 0 Å². The third-order valence-electron chi connectivity index (χ3n) is 2.13. The van der Waals surface area contributed by atoms with Crippen LogP contribution in [0.3, 0.4) is 0 Å². The van der Waals surface area contributed by atoms with Crippen LogP contribution < -0.4 is 0 Å². The second-order valence-electron chi connectivity index (χ2n) is 3.16. The Morgan fingerprint density at radius 2 is 2.08 bits per heavy atom. The van der Waals surface area contributed by atoms with Gasteiger partial charge >= 0.3 is 91.2 Å². The summed E-state index contributed by atoms with van der Waals surface area (Å²) in [6.45, 7) is 0. The summed E-state index contributed by atoms with van der Waals surface area (Å²) in [6.07, 6.45) is 8.01. The Morgan fingerprint density at radius 3 is 2.77 bits per heavy atom. The van der Waals surface area contributed by atoms with Crippen molar-refractivity contribution in [3.63, 3.8) is 0 Å². The average Bonchev–Trinajstić information content (AvgIpc) is 2.69. The van der Waals surface area contributed by atoms with Crippen molar-refractivity contribution >= 4 is 0 Å². The molecule has 2 rings (SSSR count). The van der Waals surface area contributed by atoms with Crippen LogP contribution in [0, 0.1) is 0 Å². The van der Waals surface area contributed by atoms with Crippen LogP contribution in [0.4, 0.5) is 0 Å². The molecule has 0 amide bonds. The minimum absolute atomic E-state index is 0. The van der Waals surface area contributed by atoms with E-state index in [0.29, 0.717) is 0 Å². The fraction of sp³-hybridized carbons (Fsp3) is 0.167. The zero-order valence-electron chi connectivity index (χ0n) is 9.53. The Hall–Kier alpha value is -0.417. The van der Waals surface area contributed by atoms with E-state index >= 15 is 0 Å². The average molecular weight is 249 g/mol. The first-order valence-corrected chi connectivity index (χ1v) is 7.55. The number of rotatable bonds is 3. The first-order valence-electron chi connectivity index (χ1n) is 4.58. The Balaban J connectivity index is 0.000000980. The zero-order valence-corrected chi connectivity index (χ0v) is 9.99. The molecule has 0 saturated heterocycles. The van der Waals surface area contributed by atoms with Crippen molar-refractivity contribution in [2.75, 3.05) is 0 Å². The molecule has 0 unspecified atom stereocenters. The molecule has 0 nitrogen and oxygen atoms in total. The molecule has 13 heavy (non-hydrogen) atoms. The Kier molecular flexibility index (Phi) is 3.32. The van der Waals surface area contributed by atoms with Crippen LogP contribution >= 0.6 is 0 Å². The summed E-state index contributed by atoms with van der Waals surface area (Å²) in [7, 11) is 0. The third kappa shape index (κ3) is 2.77. The molecule has 1 aliphatic rings. The molecule has 0 bridgehead atoms. The minimum Gasteiger partial charge on any atom is -1.00 e. The van der Waals surface area contributed by atoms with E-state index in [1.54, 1.807) is 3.28 Å². The van der Waals surface area contributed by atoms with Gasteiger partial charge in [-0.05, 0) is 0 Å². The Bertz CT molecular complexity index is 331. The Morgan fingerprint density at radius 1 is 1.23 bits per heavy atom. The van der Waals surface area contributed by atoms with Crippen LogP contribution in [-0.2, 0) is 27.4 Å². The van der Waals surface area contributed by atoms with Gasteiger partial charge in [-0.15, -0.1) is 0 Å². The summed E-state index contributed by atoms with van der Waals surface area (Å²) < 4.78 is 3.07. The van der Waals surface area contributed by atoms with Crippen molar-refractivity contribution in [1.29, 1.82) is 0 Å². The summed E-state index contributed by atoms with van der Waals surface area (Å²) in [6, 6.07) is 10.8. The molecule has 1 aromatic carbocycles. The third-order valence-corrected chi connectivity index (χ3v) is 5.60. The van der Waals surface area contributed by atoms with Crippen molar-refractivity contribution in [2.45, 2.75) is 10.5 Å². The molecule has 0 saturated carbocycles. The standard InChI is InChI=1S/C7H7.C5H5.Zr.2H/c1-7-5-3-2-4-6-7;1-2-4-5-3-1;;;/h2-6H,1H2;1-3H,4H2;;;/q;;+2;2*-1. The number of benzene rings is 1. The second kappa shape index (κ2) is 4.72. The van der Waals surface area contributed by atoms with Crippen molar-refractivity contribution in [3.05, 3.63) is 57.4 Å². The van der Waals surface area contributed by atoms with Gasteiger partial charge in [-0.1, -0.05) is 0 Å². The molecule has 0 atom stereocenters. The van der Waals surface area contributed by atoms with E-state index in [-0.39, 0.29) is 26.1 Å². The predicted molar refractivity (Wildman–Crippen MR) is 54.2 cm³/mol. The fourth-order valence-electron chi connectivity index (χ4n) is 1.39. The van der Waals surface area contributed by atoms with Gasteiger partial charge in [0.05, 0.1) is 0 Å². The molecule has 0 radical (unpaired) electrons. The van der Waals surface area contributed by atoms with Gasteiger partial charge in [-0.2, -0.15) is 0 Å². The molecule has 0 aliphatic heterocycles. The van der Waals surface area contributed by atoms with E-state index in [9.17, 15) is 0 Å². The van der Waals surface area contributed by atoms with Gasteiger partial charge in [0, 0.05) is 0 Å². The zero-order chi connectivity index (χ0) is 8.93. The van der Waals surface area contributed by atoms with Crippen LogP contribution in [0.2, 0.25) is 0 Å². The van der Waals surface area contributed by atoms with E-state index in [0.717, 1.165) is 0 Å². The van der Waals surface area contributed by atoms with Crippen LogP contribution in [0.25, 0.3) is 0 Å². The van der Waals surface area contributed by atoms with E-state index in [1.807, 2.05) is 0 Å². The van der Waals surface area contributed by atoms with Crippen molar-refractivity contribution in [3.8, 4) is 0 Å². The molecule has 0 heterocycles. The van der Waals surface area contributed by atoms with E-state index in [2.05, 4.69) is 48.6 Å². The van der Waals surface area contributed by atoms with Gasteiger partial charge in [-0.3, -0.25) is 0 Å². The number of allylic oxidation sites excluding steroid dienone is 4. The van der Waals surface area contributed by atoms with Crippen LogP contribution in [0.1, 0.15) is 14.8 Å². The number of hydrogen-bond donors (Lipinski definition) is 0. The summed E-state index contributed by atoms with van der Waals surface area (Å²) in [5, 5.41) is 0. The first kappa shape index (κ1) is 9.15. The van der Waals surface area contributed by atoms with E-state index in [1.165, 1.54) is 16.1 Å². The smallest absolute Gasteiger partial charge is 1.00 e. The SMILES string of the molecule is C1=CC[C]([Zr+2][CH2]c2ccccc2)=C1.[H-].[H-]. The van der Waals surface area contributed by atoms with Gasteiger partial charge in [0.15, 0.2) is 0 Å². The molecular weight excluding hydrogens is 235 g/mol. The molecule has 1 aliphatic carbocycles. The normalized spacial score (nSPS) is 14.0. The largest absolute Gasteiger partial charge is 1.00 e. The molecular formula is C12H14Zr. The van der Waals surface area contributed by atoms with E-state index in [4.69, 9.17) is 0 Å². The summed E-state index contributed by atoms with van der Waals surface area (Å²) in [4.78, 5) is 0. The van der Waals surface area contributed by atoms with Gasteiger partial charge in [0.1, 0.15) is 0 Å². The van der Waals surface area contributed by atoms with Gasteiger partial charge in [-0.25, -0.2) is 0 Å². The summed E-state index contributed by atoms with van der Waals surface area (Å²) >= 11 is -0.285. The van der Waals surface area contributed by atoms with Gasteiger partial charge in [0.25, 0.3) is 0 Å². The fourth-order valence-corrected chi connectivity index (χ4v) is 4.20. The molecule has 66 valence electrons. The monoisotopic (exact) mass is 248 g/mol. The van der Waals surface area contributed by atoms with Gasteiger partial charge < -0.3 is 2.85 Å². The molecule has 0 aromatic heterocycles. The maximum Gasteiger partial charge on any atom is -1.00 e. The van der Waals surface area contributed by atoms with E-state index < -0.39 is 0 Å².